The number of aryl methyl sites for hydroxylation is 1. The third-order valence-corrected chi connectivity index (χ3v) is 6.58. The lowest BCUT2D eigenvalue weighted by atomic mass is 10.1. The molecule has 0 atom stereocenters. The molecule has 0 spiro atoms. The van der Waals surface area contributed by atoms with Crippen LogP contribution in [-0.4, -0.2) is 22.6 Å². The first-order valence-corrected chi connectivity index (χ1v) is 11.7. The van der Waals surface area contributed by atoms with Crippen LogP contribution < -0.4 is 10.1 Å². The fourth-order valence-corrected chi connectivity index (χ4v) is 4.44. The van der Waals surface area contributed by atoms with Gasteiger partial charge in [-0.25, -0.2) is 4.39 Å². The summed E-state index contributed by atoms with van der Waals surface area (Å²) in [5, 5.41) is 9.63. The number of amides is 1. The van der Waals surface area contributed by atoms with Gasteiger partial charge in [0.1, 0.15) is 5.56 Å². The van der Waals surface area contributed by atoms with E-state index >= 15 is 0 Å². The minimum Gasteiger partial charge on any atom is -0.434 e. The van der Waals surface area contributed by atoms with E-state index in [2.05, 4.69) is 31.4 Å². The van der Waals surface area contributed by atoms with Crippen molar-refractivity contribution in [2.75, 3.05) is 6.54 Å². The van der Waals surface area contributed by atoms with Crippen LogP contribution in [0.4, 0.5) is 13.2 Å². The Morgan fingerprint density at radius 2 is 1.97 bits per heavy atom. The first-order valence-electron chi connectivity index (χ1n) is 10.5. The largest absolute Gasteiger partial charge is 0.434 e. The monoisotopic (exact) mass is 553 g/mol. The van der Waals surface area contributed by atoms with Crippen LogP contribution in [0.25, 0.3) is 0 Å². The molecule has 1 saturated carbocycles. The van der Waals surface area contributed by atoms with Crippen molar-refractivity contribution in [1.29, 1.82) is 0 Å². The summed E-state index contributed by atoms with van der Waals surface area (Å²) >= 11 is 9.17. The number of rotatable bonds is 7. The molecule has 5 nitrogen and oxygen atoms in total. The van der Waals surface area contributed by atoms with Crippen molar-refractivity contribution >= 4 is 33.4 Å². The van der Waals surface area contributed by atoms with Gasteiger partial charge >= 0.3 is 0 Å². The van der Waals surface area contributed by atoms with Gasteiger partial charge in [0, 0.05) is 15.6 Å². The molecular formula is C24H20BrClF3N3O2. The van der Waals surface area contributed by atoms with Crippen LogP contribution in [0.2, 0.25) is 5.15 Å². The van der Waals surface area contributed by atoms with Crippen molar-refractivity contribution in [3.05, 3.63) is 79.7 Å². The van der Waals surface area contributed by atoms with Gasteiger partial charge < -0.3 is 10.1 Å². The van der Waals surface area contributed by atoms with Gasteiger partial charge in [0.05, 0.1) is 6.54 Å². The fourth-order valence-electron chi connectivity index (χ4n) is 3.53. The minimum atomic E-state index is -3.37. The number of hydrogen-bond acceptors (Lipinski definition) is 4. The molecule has 2 aromatic carbocycles. The van der Waals surface area contributed by atoms with Crippen LogP contribution in [0.15, 0.2) is 40.9 Å². The first kappa shape index (κ1) is 24.5. The molecule has 0 radical (unpaired) electrons. The number of alkyl halides is 2. The smallest absolute Gasteiger partial charge is 0.291 e. The summed E-state index contributed by atoms with van der Waals surface area (Å²) in [6.07, 6.45) is 1.78. The Bertz CT molecular complexity index is 1270. The van der Waals surface area contributed by atoms with Crippen LogP contribution >= 0.6 is 27.5 Å². The van der Waals surface area contributed by atoms with Gasteiger partial charge in [-0.1, -0.05) is 51.8 Å². The van der Waals surface area contributed by atoms with Gasteiger partial charge in [0.15, 0.2) is 16.7 Å². The quantitative estimate of drug-likeness (QED) is 0.347. The average Bonchev–Trinajstić information content (AvgIpc) is 3.61. The standard InChI is InChI=1S/C24H20BrClF3N3O2/c1-12-6-9-16(17(25)10-12)24(28,29)11-30-22(33)19-13(2)21(26)31-32-23(19)34-18-5-3-4-15(20(18)27)14-7-8-14/h3-6,9-10,14H,7-8,11H2,1-2H3,(H,30,33). The molecule has 0 unspecified atom stereocenters. The second-order valence-electron chi connectivity index (χ2n) is 8.20. The third-order valence-electron chi connectivity index (χ3n) is 5.56. The zero-order valence-corrected chi connectivity index (χ0v) is 20.6. The number of nitrogens with one attached hydrogen (secondary N) is 1. The Morgan fingerprint density at radius 1 is 1.24 bits per heavy atom. The van der Waals surface area contributed by atoms with Crippen LogP contribution in [0, 0.1) is 19.7 Å². The van der Waals surface area contributed by atoms with Crippen molar-refractivity contribution in [2.24, 2.45) is 0 Å². The lowest BCUT2D eigenvalue weighted by Crippen LogP contribution is -2.36. The zero-order valence-electron chi connectivity index (χ0n) is 18.3. The van der Waals surface area contributed by atoms with Crippen molar-refractivity contribution in [3.63, 3.8) is 0 Å². The number of hydrogen-bond donors (Lipinski definition) is 1. The van der Waals surface area contributed by atoms with Gasteiger partial charge in [-0.15, -0.1) is 10.2 Å². The molecule has 1 aromatic heterocycles. The highest BCUT2D eigenvalue weighted by molar-refractivity contribution is 9.10. The van der Waals surface area contributed by atoms with Crippen molar-refractivity contribution in [2.45, 2.75) is 38.5 Å². The Kier molecular flexibility index (Phi) is 6.87. The highest BCUT2D eigenvalue weighted by atomic mass is 79.9. The average molecular weight is 555 g/mol. The van der Waals surface area contributed by atoms with Crippen molar-refractivity contribution in [1.82, 2.24) is 15.5 Å². The minimum absolute atomic E-state index is 0.0993. The summed E-state index contributed by atoms with van der Waals surface area (Å²) in [6, 6.07) is 9.14. The van der Waals surface area contributed by atoms with E-state index in [0.29, 0.717) is 5.56 Å². The number of halogens is 5. The number of ether oxygens (including phenoxy) is 1. The topological polar surface area (TPSA) is 64.1 Å². The predicted octanol–water partition coefficient (Wildman–Crippen LogP) is 6.84. The van der Waals surface area contributed by atoms with Gasteiger partial charge in [-0.3, -0.25) is 4.79 Å². The predicted molar refractivity (Wildman–Crippen MR) is 125 cm³/mol. The molecule has 1 fully saturated rings. The molecule has 1 aliphatic rings. The molecule has 1 N–H and O–H groups in total. The lowest BCUT2D eigenvalue weighted by molar-refractivity contribution is -0.00323. The fraction of sp³-hybridized carbons (Fsp3) is 0.292. The van der Waals surface area contributed by atoms with E-state index in [1.165, 1.54) is 19.1 Å². The Morgan fingerprint density at radius 3 is 2.65 bits per heavy atom. The molecule has 1 amide bonds. The van der Waals surface area contributed by atoms with Crippen LogP contribution in [0.5, 0.6) is 11.6 Å². The zero-order chi connectivity index (χ0) is 24.6. The second kappa shape index (κ2) is 9.54. The molecular weight excluding hydrogens is 535 g/mol. The molecule has 0 aliphatic heterocycles. The highest BCUT2D eigenvalue weighted by Crippen LogP contribution is 2.43. The third kappa shape index (κ3) is 5.05. The normalized spacial score (nSPS) is 13.6. The Balaban J connectivity index is 1.59. The molecule has 1 aliphatic carbocycles. The first-order chi connectivity index (χ1) is 16.1. The highest BCUT2D eigenvalue weighted by Gasteiger charge is 2.35. The summed E-state index contributed by atoms with van der Waals surface area (Å²) in [5.41, 5.74) is 1.03. The van der Waals surface area contributed by atoms with Gasteiger partial charge in [0.2, 0.25) is 0 Å². The molecule has 1 heterocycles. The number of carbonyl (C=O) groups excluding carboxylic acids is 1. The van der Waals surface area contributed by atoms with Crippen molar-refractivity contribution in [3.8, 4) is 11.6 Å². The number of carbonyl (C=O) groups is 1. The van der Waals surface area contributed by atoms with Gasteiger partial charge in [-0.2, -0.15) is 8.78 Å². The SMILES string of the molecule is Cc1ccc(C(F)(F)CNC(=O)c2c(Oc3cccc(C4CC4)c3F)nnc(Cl)c2C)c(Br)c1. The lowest BCUT2D eigenvalue weighted by Gasteiger charge is -2.20. The van der Waals surface area contributed by atoms with Crippen LogP contribution in [0.1, 0.15) is 51.4 Å². The molecule has 4 rings (SSSR count). The molecule has 10 heteroatoms. The van der Waals surface area contributed by atoms with E-state index < -0.39 is 24.2 Å². The Labute approximate surface area is 207 Å². The van der Waals surface area contributed by atoms with E-state index in [0.717, 1.165) is 18.4 Å². The number of benzene rings is 2. The van der Waals surface area contributed by atoms with Gasteiger partial charge in [-0.05, 0) is 55.9 Å². The van der Waals surface area contributed by atoms with Gasteiger partial charge in [0.25, 0.3) is 17.7 Å². The second-order valence-corrected chi connectivity index (χ2v) is 9.41. The van der Waals surface area contributed by atoms with E-state index in [1.807, 2.05) is 0 Å². The molecule has 0 bridgehead atoms. The molecule has 3 aromatic rings. The maximum absolute atomic E-state index is 14.9. The van der Waals surface area contributed by atoms with E-state index in [9.17, 15) is 18.0 Å². The maximum atomic E-state index is 14.9. The summed E-state index contributed by atoms with van der Waals surface area (Å²) in [7, 11) is 0. The summed E-state index contributed by atoms with van der Waals surface area (Å²) in [5.74, 6) is -5.15. The summed E-state index contributed by atoms with van der Waals surface area (Å²) < 4.78 is 50.4. The molecule has 178 valence electrons. The van der Waals surface area contributed by atoms with E-state index in [-0.39, 0.29) is 43.9 Å². The summed E-state index contributed by atoms with van der Waals surface area (Å²) in [6.45, 7) is 2.27. The maximum Gasteiger partial charge on any atom is 0.291 e. The number of nitrogens with zero attached hydrogens (tertiary/aromatic N) is 2. The molecule has 34 heavy (non-hydrogen) atoms. The van der Waals surface area contributed by atoms with E-state index in [1.54, 1.807) is 31.2 Å². The van der Waals surface area contributed by atoms with Crippen LogP contribution in [-0.2, 0) is 5.92 Å². The van der Waals surface area contributed by atoms with E-state index in [4.69, 9.17) is 16.3 Å². The summed E-state index contributed by atoms with van der Waals surface area (Å²) in [4.78, 5) is 13.0. The Hall–Kier alpha value is -2.65. The molecule has 0 saturated heterocycles. The number of aromatic nitrogens is 2. The van der Waals surface area contributed by atoms with Crippen molar-refractivity contribution < 1.29 is 22.7 Å². The van der Waals surface area contributed by atoms with Crippen LogP contribution in [0.3, 0.4) is 0 Å².